The molecule has 10 nitrogen and oxygen atoms in total. The highest BCUT2D eigenvalue weighted by molar-refractivity contribution is 5.21. The second-order valence-corrected chi connectivity index (χ2v) is 10.0. The van der Waals surface area contributed by atoms with Gasteiger partial charge in [0.1, 0.15) is 23.9 Å². The van der Waals surface area contributed by atoms with Gasteiger partial charge in [0.05, 0.1) is 24.3 Å². The van der Waals surface area contributed by atoms with Gasteiger partial charge in [-0.3, -0.25) is 0 Å². The summed E-state index contributed by atoms with van der Waals surface area (Å²) in [4.78, 5) is 0. The van der Waals surface area contributed by atoms with Crippen LogP contribution in [0.25, 0.3) is 0 Å². The Labute approximate surface area is 201 Å². The molecule has 0 aromatic heterocycles. The van der Waals surface area contributed by atoms with Gasteiger partial charge in [-0.15, -0.1) is 0 Å². The molecule has 34 heavy (non-hydrogen) atoms. The van der Waals surface area contributed by atoms with Crippen molar-refractivity contribution < 1.29 is 34.6 Å². The number of aliphatic hydroxyl groups excluding tert-OH is 2. The van der Waals surface area contributed by atoms with E-state index in [1.807, 2.05) is 0 Å². The number of hydrogen-bond acceptors (Lipinski definition) is 10. The third-order valence-electron chi connectivity index (χ3n) is 7.66. The molecule has 1 saturated carbocycles. The molecule has 4 aliphatic rings. The van der Waals surface area contributed by atoms with Gasteiger partial charge >= 0.3 is 0 Å². The summed E-state index contributed by atoms with van der Waals surface area (Å²) in [6.07, 6.45) is 5.19. The fourth-order valence-corrected chi connectivity index (χ4v) is 5.79. The van der Waals surface area contributed by atoms with Crippen molar-refractivity contribution in [3.8, 4) is 0 Å². The van der Waals surface area contributed by atoms with E-state index in [1.165, 1.54) is 5.57 Å². The fraction of sp³-hybridized carbons (Fsp3) is 0.833. The van der Waals surface area contributed by atoms with Crippen LogP contribution in [0.15, 0.2) is 23.8 Å². The quantitative estimate of drug-likeness (QED) is 0.212. The van der Waals surface area contributed by atoms with Gasteiger partial charge in [-0.2, -0.15) is 0 Å². The maximum absolute atomic E-state index is 11.6. The first-order valence-corrected chi connectivity index (χ1v) is 12.4. The summed E-state index contributed by atoms with van der Waals surface area (Å²) in [6, 6.07) is -1.31. The van der Waals surface area contributed by atoms with Gasteiger partial charge in [-0.05, 0) is 53.2 Å². The van der Waals surface area contributed by atoms with E-state index in [2.05, 4.69) is 34.2 Å². The average Bonchev–Trinajstić information content (AvgIpc) is 2.80. The molecule has 194 valence electrons. The van der Waals surface area contributed by atoms with Crippen molar-refractivity contribution in [3.63, 3.8) is 0 Å². The van der Waals surface area contributed by atoms with Crippen molar-refractivity contribution in [3.05, 3.63) is 23.8 Å². The fourth-order valence-electron chi connectivity index (χ4n) is 5.79. The molecule has 2 aliphatic carbocycles. The number of nitrogens with one attached hydrogen (secondary N) is 3. The lowest BCUT2D eigenvalue weighted by Crippen LogP contribution is -2.81. The van der Waals surface area contributed by atoms with Crippen molar-refractivity contribution in [2.45, 2.75) is 99.3 Å². The molecule has 0 radical (unpaired) electrons. The molecule has 0 spiro atoms. The molecular weight excluding hydrogens is 442 g/mol. The first-order chi connectivity index (χ1) is 16.2. The Morgan fingerprint density at radius 2 is 1.79 bits per heavy atom. The van der Waals surface area contributed by atoms with Crippen LogP contribution in [0.3, 0.4) is 0 Å². The Morgan fingerprint density at radius 3 is 2.47 bits per heavy atom. The van der Waals surface area contributed by atoms with Gasteiger partial charge in [-0.1, -0.05) is 23.8 Å². The smallest absolute Gasteiger partial charge is 0.249 e. The van der Waals surface area contributed by atoms with Crippen LogP contribution in [0, 0.1) is 0 Å². The molecule has 0 aromatic carbocycles. The standard InChI is InChI=1S/C24H41N3O7/c1-14-12-23(30,13-27-11-7-10-15-8-5-4-6-9-15)24(31)22(32-14)33-21-19(29)16(25-2)18(28)17(26-3)20(21)34-24/h5,8-9,14,16-22,25-31H,4,6-7,10-13H2,1-3H3/t14-,16-,17+,18+,19+,20-,21-,22+,23-,24-/m1/s1. The summed E-state index contributed by atoms with van der Waals surface area (Å²) in [5, 5.41) is 54.1. The second-order valence-electron chi connectivity index (χ2n) is 10.0. The Balaban J connectivity index is 1.46. The summed E-state index contributed by atoms with van der Waals surface area (Å²) in [6.45, 7) is 2.55. The van der Waals surface area contributed by atoms with Crippen LogP contribution in [0.1, 0.15) is 39.0 Å². The number of rotatable bonds is 8. The van der Waals surface area contributed by atoms with Gasteiger partial charge in [0, 0.05) is 13.0 Å². The van der Waals surface area contributed by atoms with Crippen LogP contribution in [0.2, 0.25) is 0 Å². The Morgan fingerprint density at radius 1 is 1.03 bits per heavy atom. The molecule has 0 unspecified atom stereocenters. The molecule has 0 amide bonds. The van der Waals surface area contributed by atoms with Crippen LogP contribution < -0.4 is 16.0 Å². The van der Waals surface area contributed by atoms with Crippen molar-refractivity contribution in [2.75, 3.05) is 27.2 Å². The average molecular weight is 484 g/mol. The number of fused-ring (bicyclic) bond motifs is 2. The minimum Gasteiger partial charge on any atom is -0.390 e. The van der Waals surface area contributed by atoms with Crippen LogP contribution >= 0.6 is 0 Å². The predicted molar refractivity (Wildman–Crippen MR) is 125 cm³/mol. The SMILES string of the molecule is CN[C@@H]1[C@H](O)[C@H](NC)[C@H]2O[C@]3(O)[C@H](O[C@@H]2[C@H]1O)O[C@H](C)C[C@@]3(O)CNCCCC1=CCCC=C1. The summed E-state index contributed by atoms with van der Waals surface area (Å²) in [7, 11) is 3.31. The van der Waals surface area contributed by atoms with Crippen LogP contribution in [0.5, 0.6) is 0 Å². The first-order valence-electron chi connectivity index (χ1n) is 12.4. The van der Waals surface area contributed by atoms with Crippen LogP contribution in [0.4, 0.5) is 0 Å². The van der Waals surface area contributed by atoms with Crippen molar-refractivity contribution in [1.29, 1.82) is 0 Å². The highest BCUT2D eigenvalue weighted by Gasteiger charge is 2.68. The molecule has 2 heterocycles. The molecule has 2 saturated heterocycles. The van der Waals surface area contributed by atoms with E-state index < -0.39 is 60.3 Å². The zero-order valence-electron chi connectivity index (χ0n) is 20.3. The van der Waals surface area contributed by atoms with Crippen LogP contribution in [-0.2, 0) is 14.2 Å². The highest BCUT2D eigenvalue weighted by atomic mass is 16.8. The van der Waals surface area contributed by atoms with Gasteiger partial charge < -0.3 is 50.6 Å². The second kappa shape index (κ2) is 10.6. The lowest BCUT2D eigenvalue weighted by molar-refractivity contribution is -0.482. The molecule has 0 aromatic rings. The van der Waals surface area contributed by atoms with E-state index in [4.69, 9.17) is 14.2 Å². The first kappa shape index (κ1) is 26.2. The molecule has 0 bridgehead atoms. The minimum atomic E-state index is -2.18. The molecule has 10 atom stereocenters. The zero-order valence-corrected chi connectivity index (χ0v) is 20.3. The summed E-state index contributed by atoms with van der Waals surface area (Å²) in [5.74, 6) is -2.18. The van der Waals surface area contributed by atoms with E-state index in [0.717, 1.165) is 25.7 Å². The number of hydrogen-bond donors (Lipinski definition) is 7. The van der Waals surface area contributed by atoms with E-state index in [1.54, 1.807) is 21.0 Å². The van der Waals surface area contributed by atoms with E-state index in [0.29, 0.717) is 6.54 Å². The number of ether oxygens (including phenoxy) is 3. The van der Waals surface area contributed by atoms with Crippen molar-refractivity contribution in [1.82, 2.24) is 16.0 Å². The normalized spacial score (nSPS) is 46.5. The van der Waals surface area contributed by atoms with Crippen molar-refractivity contribution >= 4 is 0 Å². The molecule has 3 fully saturated rings. The van der Waals surface area contributed by atoms with Gasteiger partial charge in [0.2, 0.25) is 12.1 Å². The lowest BCUT2D eigenvalue weighted by atomic mass is 9.77. The predicted octanol–water partition coefficient (Wildman–Crippen LogP) is -1.12. The summed E-state index contributed by atoms with van der Waals surface area (Å²) < 4.78 is 18.0. The minimum absolute atomic E-state index is 0.0812. The molecule has 7 N–H and O–H groups in total. The maximum atomic E-state index is 11.6. The Kier molecular flexibility index (Phi) is 8.15. The van der Waals surface area contributed by atoms with Crippen molar-refractivity contribution in [2.24, 2.45) is 0 Å². The van der Waals surface area contributed by atoms with Gasteiger partial charge in [0.15, 0.2) is 0 Å². The maximum Gasteiger partial charge on any atom is 0.249 e. The molecule has 4 rings (SSSR count). The monoisotopic (exact) mass is 483 g/mol. The highest BCUT2D eigenvalue weighted by Crippen LogP contribution is 2.46. The summed E-state index contributed by atoms with van der Waals surface area (Å²) >= 11 is 0. The Hall–Kier alpha value is -0.920. The number of likely N-dealkylation sites (N-methyl/N-ethyl adjacent to an activating group) is 2. The topological polar surface area (TPSA) is 145 Å². The number of allylic oxidation sites excluding steroid dienone is 4. The van der Waals surface area contributed by atoms with Gasteiger partial charge in [0.25, 0.3) is 0 Å². The summed E-state index contributed by atoms with van der Waals surface area (Å²) in [5.41, 5.74) is -0.370. The third-order valence-corrected chi connectivity index (χ3v) is 7.66. The van der Waals surface area contributed by atoms with E-state index in [9.17, 15) is 20.4 Å². The molecule has 2 aliphatic heterocycles. The number of aliphatic hydroxyl groups is 4. The Bertz CT molecular complexity index is 767. The molecular formula is C24H41N3O7. The third kappa shape index (κ3) is 4.73. The van der Waals surface area contributed by atoms with Crippen LogP contribution in [-0.4, -0.2) is 108 Å². The van der Waals surface area contributed by atoms with E-state index in [-0.39, 0.29) is 13.0 Å². The molecule has 10 heteroatoms. The largest absolute Gasteiger partial charge is 0.390 e. The van der Waals surface area contributed by atoms with E-state index >= 15 is 0 Å². The van der Waals surface area contributed by atoms with Gasteiger partial charge in [-0.25, -0.2) is 0 Å². The zero-order chi connectivity index (χ0) is 24.5. The lowest BCUT2D eigenvalue weighted by Gasteiger charge is -2.60.